The van der Waals surface area contributed by atoms with Crippen molar-refractivity contribution in [2.45, 2.75) is 18.9 Å². The van der Waals surface area contributed by atoms with Crippen LogP contribution >= 0.6 is 0 Å². The van der Waals surface area contributed by atoms with Gasteiger partial charge in [-0.25, -0.2) is 4.98 Å². The van der Waals surface area contributed by atoms with E-state index in [1.165, 1.54) is 6.07 Å². The topological polar surface area (TPSA) is 142 Å². The molecule has 2 aromatic carbocycles. The van der Waals surface area contributed by atoms with Crippen LogP contribution in [0.15, 0.2) is 134 Å². The third-order valence-electron chi connectivity index (χ3n) is 9.22. The summed E-state index contributed by atoms with van der Waals surface area (Å²) in [4.78, 5) is 40.4. The van der Waals surface area contributed by atoms with E-state index in [1.807, 2.05) is 65.6 Å². The summed E-state index contributed by atoms with van der Waals surface area (Å²) in [5, 5.41) is 4.43. The van der Waals surface area contributed by atoms with Crippen LogP contribution in [0.25, 0.3) is 44.5 Å². The number of pyridine rings is 3. The Balaban J connectivity index is 0.000000157. The number of hydrogen-bond donors (Lipinski definition) is 1. The Bertz CT molecular complexity index is 2480. The highest BCUT2D eigenvalue weighted by Gasteiger charge is 2.20. The van der Waals surface area contributed by atoms with Crippen molar-refractivity contribution in [2.75, 3.05) is 49.7 Å². The number of fused-ring (bicyclic) bond motifs is 2. The maximum atomic E-state index is 12.8. The lowest BCUT2D eigenvalue weighted by Crippen LogP contribution is -2.36. The molecule has 0 unspecified atom stereocenters. The maximum Gasteiger partial charge on any atom is 0.200 e. The fourth-order valence-electron chi connectivity index (χ4n) is 6.44. The van der Waals surface area contributed by atoms with Gasteiger partial charge in [0.1, 0.15) is 23.0 Å². The predicted octanol–water partition coefficient (Wildman–Crippen LogP) is 7.32. The van der Waals surface area contributed by atoms with Gasteiger partial charge in [-0.15, -0.1) is 0 Å². The van der Waals surface area contributed by atoms with Crippen LogP contribution in [0.1, 0.15) is 12.8 Å². The van der Waals surface area contributed by atoms with Gasteiger partial charge in [-0.1, -0.05) is 30.3 Å². The summed E-state index contributed by atoms with van der Waals surface area (Å²) in [5.74, 6) is 2.99. The number of benzene rings is 2. The molecular weight excluding hydrogens is 686 g/mol. The quantitative estimate of drug-likeness (QED) is 0.176. The van der Waals surface area contributed by atoms with Crippen molar-refractivity contribution in [3.63, 3.8) is 0 Å². The van der Waals surface area contributed by atoms with Crippen molar-refractivity contribution in [2.24, 2.45) is 0 Å². The molecule has 0 amide bonds. The fraction of sp³-hybridized carbons (Fsp3) is 0.214. The molecule has 2 saturated heterocycles. The zero-order chi connectivity index (χ0) is 36.7. The zero-order valence-electron chi connectivity index (χ0n) is 29.4. The smallest absolute Gasteiger partial charge is 0.200 e. The first-order chi connectivity index (χ1) is 26.6. The highest BCUT2D eigenvalue weighted by Crippen LogP contribution is 2.36. The molecule has 0 spiro atoms. The third-order valence-corrected chi connectivity index (χ3v) is 9.22. The minimum Gasteiger partial charge on any atom is -0.457 e. The van der Waals surface area contributed by atoms with Crippen LogP contribution in [0.2, 0.25) is 0 Å². The van der Waals surface area contributed by atoms with E-state index >= 15 is 0 Å². The lowest BCUT2D eigenvalue weighted by Gasteiger charge is -2.27. The Hall–Kier alpha value is -6.37. The van der Waals surface area contributed by atoms with E-state index in [2.05, 4.69) is 20.3 Å². The van der Waals surface area contributed by atoms with Crippen LogP contribution in [0.5, 0.6) is 11.5 Å². The van der Waals surface area contributed by atoms with Crippen LogP contribution in [0.3, 0.4) is 0 Å². The molecule has 2 aliphatic rings. The molecule has 0 aliphatic carbocycles. The number of morpholine rings is 1. The number of aromatic nitrogens is 3. The zero-order valence-corrected chi connectivity index (χ0v) is 29.4. The molecule has 0 bridgehead atoms. The first-order valence-electron chi connectivity index (χ1n) is 17.9. The van der Waals surface area contributed by atoms with Gasteiger partial charge in [0.25, 0.3) is 0 Å². The average molecular weight is 724 g/mol. The molecule has 54 heavy (non-hydrogen) atoms. The highest BCUT2D eigenvalue weighted by atomic mass is 16.5. The standard InChI is InChI=1S/C25H16N2O3.C17H21N3O4/c28-21-15-23(17-7-6-13-26-16-17)30-25-19(21)12-14-27-24(25)20-10-4-5-11-22(20)29-18-8-2-1-3-9-18;21-14-11-15(20-5-9-23-10-6-20)24-16-13(14)1-4-18-17(16)19-12-2-7-22-8-3-12/h1-16H;1,4,11-12H,2-3,5-10H2,(H,18,19). The predicted molar refractivity (Wildman–Crippen MR) is 206 cm³/mol. The van der Waals surface area contributed by atoms with Gasteiger partial charge in [0.05, 0.1) is 24.0 Å². The van der Waals surface area contributed by atoms with E-state index < -0.39 is 0 Å². The number of nitrogens with zero attached hydrogens (tertiary/aromatic N) is 4. The van der Waals surface area contributed by atoms with Crippen LogP contribution in [0, 0.1) is 0 Å². The van der Waals surface area contributed by atoms with E-state index in [0.29, 0.717) is 69.8 Å². The molecule has 7 heterocycles. The molecule has 0 radical (unpaired) electrons. The Kier molecular flexibility index (Phi) is 10.4. The lowest BCUT2D eigenvalue weighted by molar-refractivity contribution is 0.0904. The van der Waals surface area contributed by atoms with Crippen molar-refractivity contribution < 1.29 is 23.0 Å². The molecule has 0 atom stereocenters. The van der Waals surface area contributed by atoms with Gasteiger partial charge in [0.2, 0.25) is 0 Å². The Morgan fingerprint density at radius 2 is 1.43 bits per heavy atom. The summed E-state index contributed by atoms with van der Waals surface area (Å²) in [5.41, 5.74) is 2.75. The molecule has 12 nitrogen and oxygen atoms in total. The maximum absolute atomic E-state index is 12.8. The van der Waals surface area contributed by atoms with E-state index in [4.69, 9.17) is 23.0 Å². The summed E-state index contributed by atoms with van der Waals surface area (Å²) >= 11 is 0. The Labute approximate surface area is 310 Å². The van der Waals surface area contributed by atoms with Gasteiger partial charge < -0.3 is 33.3 Å². The average Bonchev–Trinajstić information content (AvgIpc) is 3.23. The minimum absolute atomic E-state index is 0.0461. The van der Waals surface area contributed by atoms with E-state index in [9.17, 15) is 9.59 Å². The molecule has 272 valence electrons. The van der Waals surface area contributed by atoms with Crippen LogP contribution in [-0.2, 0) is 9.47 Å². The second-order valence-corrected chi connectivity index (χ2v) is 12.8. The van der Waals surface area contributed by atoms with Crippen molar-refractivity contribution in [1.29, 1.82) is 0 Å². The summed E-state index contributed by atoms with van der Waals surface area (Å²) < 4.78 is 29.1. The number of ether oxygens (including phenoxy) is 3. The van der Waals surface area contributed by atoms with Crippen molar-refractivity contribution >= 4 is 33.6 Å². The van der Waals surface area contributed by atoms with Crippen LogP contribution < -0.4 is 25.8 Å². The second kappa shape index (κ2) is 16.1. The Morgan fingerprint density at radius 1 is 0.704 bits per heavy atom. The Morgan fingerprint density at radius 3 is 2.22 bits per heavy atom. The molecule has 2 aliphatic heterocycles. The van der Waals surface area contributed by atoms with E-state index in [0.717, 1.165) is 50.3 Å². The molecule has 2 fully saturated rings. The van der Waals surface area contributed by atoms with E-state index in [1.54, 1.807) is 49.1 Å². The summed E-state index contributed by atoms with van der Waals surface area (Å²) in [7, 11) is 0. The molecule has 7 aromatic rings. The summed E-state index contributed by atoms with van der Waals surface area (Å²) in [6, 6.07) is 27.4. The second-order valence-electron chi connectivity index (χ2n) is 12.8. The van der Waals surface area contributed by atoms with Gasteiger partial charge in [-0.3, -0.25) is 19.6 Å². The number of nitrogens with one attached hydrogen (secondary N) is 1. The van der Waals surface area contributed by atoms with Gasteiger partial charge in [-0.05, 0) is 61.4 Å². The third kappa shape index (κ3) is 7.70. The number of para-hydroxylation sites is 2. The molecule has 1 N–H and O–H groups in total. The monoisotopic (exact) mass is 723 g/mol. The molecule has 5 aromatic heterocycles. The summed E-state index contributed by atoms with van der Waals surface area (Å²) in [6.07, 6.45) is 8.43. The van der Waals surface area contributed by atoms with Gasteiger partial charge >= 0.3 is 0 Å². The van der Waals surface area contributed by atoms with Crippen molar-refractivity contribution in [1.82, 2.24) is 15.0 Å². The van der Waals surface area contributed by atoms with Gasteiger partial charge in [0.15, 0.2) is 33.7 Å². The summed E-state index contributed by atoms with van der Waals surface area (Å²) in [6.45, 7) is 4.20. The van der Waals surface area contributed by atoms with Crippen LogP contribution in [0.4, 0.5) is 11.7 Å². The SMILES string of the molecule is O=c1cc(-c2cccnc2)oc2c(-c3ccccc3Oc3ccccc3)nccc12.O=c1cc(N2CCOCC2)oc2c(NC3CCOCC3)nccc12. The molecule has 12 heteroatoms. The first kappa shape index (κ1) is 34.7. The normalized spacial score (nSPS) is 14.7. The number of rotatable bonds is 7. The number of hydrogen-bond acceptors (Lipinski definition) is 12. The van der Waals surface area contributed by atoms with Crippen molar-refractivity contribution in [3.8, 4) is 34.1 Å². The first-order valence-corrected chi connectivity index (χ1v) is 17.9. The molecule has 9 rings (SSSR count). The molecule has 0 saturated carbocycles. The highest BCUT2D eigenvalue weighted by molar-refractivity contribution is 5.92. The van der Waals surface area contributed by atoms with E-state index in [-0.39, 0.29) is 16.9 Å². The van der Waals surface area contributed by atoms with Crippen molar-refractivity contribution in [3.05, 3.63) is 136 Å². The molecular formula is C42H37N5O7. The minimum atomic E-state index is -0.139. The van der Waals surface area contributed by atoms with Gasteiger partial charge in [0, 0.05) is 80.4 Å². The fourth-order valence-corrected chi connectivity index (χ4v) is 6.44. The van der Waals surface area contributed by atoms with Crippen LogP contribution in [-0.4, -0.2) is 60.5 Å². The lowest BCUT2D eigenvalue weighted by atomic mass is 10.1. The van der Waals surface area contributed by atoms with Gasteiger partial charge in [-0.2, -0.15) is 0 Å². The number of anilines is 2. The largest absolute Gasteiger partial charge is 0.457 e.